The van der Waals surface area contributed by atoms with Crippen LogP contribution in [0.2, 0.25) is 0 Å². The Balaban J connectivity index is 1.91. The van der Waals surface area contributed by atoms with Gasteiger partial charge in [-0.15, -0.1) is 11.3 Å². The van der Waals surface area contributed by atoms with Gasteiger partial charge in [-0.2, -0.15) is 0 Å². The predicted octanol–water partition coefficient (Wildman–Crippen LogP) is 3.35. The van der Waals surface area contributed by atoms with Crippen LogP contribution >= 0.6 is 11.3 Å². The van der Waals surface area contributed by atoms with Crippen molar-refractivity contribution in [3.63, 3.8) is 0 Å². The van der Waals surface area contributed by atoms with Crippen molar-refractivity contribution in [3.8, 4) is 0 Å². The lowest BCUT2D eigenvalue weighted by Gasteiger charge is -2.45. The van der Waals surface area contributed by atoms with E-state index >= 15 is 0 Å². The van der Waals surface area contributed by atoms with Gasteiger partial charge in [-0.3, -0.25) is 0 Å². The number of para-hydroxylation sites is 2. The molecule has 0 unspecified atom stereocenters. The number of aromatic nitrogens is 1. The Morgan fingerprint density at radius 1 is 1.19 bits per heavy atom. The van der Waals surface area contributed by atoms with E-state index in [2.05, 4.69) is 59.8 Å². The molecule has 2 N–H and O–H groups in total. The van der Waals surface area contributed by atoms with Gasteiger partial charge >= 0.3 is 0 Å². The molecule has 0 saturated carbocycles. The summed E-state index contributed by atoms with van der Waals surface area (Å²) in [5, 5.41) is 0.645. The first-order valence-corrected chi connectivity index (χ1v) is 8.08. The van der Waals surface area contributed by atoms with E-state index in [-0.39, 0.29) is 5.54 Å². The first-order chi connectivity index (χ1) is 9.95. The standard InChI is InChI=1S/C16H22N4S/c1-16(2,3)20-9-8-19(11-12-10-18-15(17)21-12)13-6-4-5-7-14(13)20/h4-7,10H,8-9,11H2,1-3H3,(H2,17,18). The van der Waals surface area contributed by atoms with Gasteiger partial charge in [0.2, 0.25) is 0 Å². The zero-order valence-corrected chi connectivity index (χ0v) is 13.7. The van der Waals surface area contributed by atoms with Gasteiger partial charge in [-0.1, -0.05) is 12.1 Å². The molecule has 0 aliphatic carbocycles. The third kappa shape index (κ3) is 2.83. The lowest BCUT2D eigenvalue weighted by Crippen LogP contribution is -2.49. The van der Waals surface area contributed by atoms with Gasteiger partial charge in [-0.25, -0.2) is 4.98 Å². The zero-order chi connectivity index (χ0) is 15.0. The van der Waals surface area contributed by atoms with E-state index < -0.39 is 0 Å². The molecule has 0 saturated heterocycles. The molecule has 1 aromatic heterocycles. The molecule has 3 rings (SSSR count). The summed E-state index contributed by atoms with van der Waals surface area (Å²) >= 11 is 1.57. The van der Waals surface area contributed by atoms with Crippen LogP contribution in [0, 0.1) is 0 Å². The van der Waals surface area contributed by atoms with E-state index in [0.717, 1.165) is 19.6 Å². The van der Waals surface area contributed by atoms with Crippen molar-refractivity contribution in [2.45, 2.75) is 32.9 Å². The van der Waals surface area contributed by atoms with Crippen LogP contribution in [0.15, 0.2) is 30.5 Å². The second-order valence-corrected chi connectivity index (χ2v) is 7.54. The number of fused-ring (bicyclic) bond motifs is 1. The quantitative estimate of drug-likeness (QED) is 0.924. The number of nitrogens with zero attached hydrogens (tertiary/aromatic N) is 3. The first kappa shape index (κ1) is 14.2. The van der Waals surface area contributed by atoms with Gasteiger partial charge in [0.15, 0.2) is 5.13 Å². The van der Waals surface area contributed by atoms with Crippen molar-refractivity contribution >= 4 is 27.8 Å². The van der Waals surface area contributed by atoms with Crippen LogP contribution in [-0.4, -0.2) is 23.6 Å². The second kappa shape index (κ2) is 5.22. The number of nitrogen functional groups attached to an aromatic ring is 1. The number of anilines is 3. The SMILES string of the molecule is CC(C)(C)N1CCN(Cc2cnc(N)s2)c2ccccc21. The summed E-state index contributed by atoms with van der Waals surface area (Å²) < 4.78 is 0. The average Bonchev–Trinajstić information content (AvgIpc) is 2.83. The Morgan fingerprint density at radius 3 is 2.52 bits per heavy atom. The molecule has 1 aliphatic rings. The van der Waals surface area contributed by atoms with E-state index in [0.29, 0.717) is 5.13 Å². The highest BCUT2D eigenvalue weighted by Crippen LogP contribution is 2.37. The van der Waals surface area contributed by atoms with Crippen LogP contribution in [0.3, 0.4) is 0 Å². The molecule has 0 fully saturated rings. The fraction of sp³-hybridized carbons (Fsp3) is 0.438. The fourth-order valence-electron chi connectivity index (χ4n) is 2.87. The van der Waals surface area contributed by atoms with Crippen LogP contribution in [-0.2, 0) is 6.54 Å². The molecule has 0 spiro atoms. The maximum Gasteiger partial charge on any atom is 0.180 e. The predicted molar refractivity (Wildman–Crippen MR) is 91.1 cm³/mol. The Bertz CT molecular complexity index is 629. The van der Waals surface area contributed by atoms with Crippen LogP contribution in [0.5, 0.6) is 0 Å². The summed E-state index contributed by atoms with van der Waals surface area (Å²) in [7, 11) is 0. The minimum absolute atomic E-state index is 0.136. The molecule has 1 aromatic carbocycles. The molecule has 5 heteroatoms. The summed E-state index contributed by atoms with van der Waals surface area (Å²) in [6.07, 6.45) is 1.89. The molecule has 0 atom stereocenters. The number of rotatable bonds is 2. The molecule has 1 aliphatic heterocycles. The average molecular weight is 302 g/mol. The van der Waals surface area contributed by atoms with Crippen LogP contribution < -0.4 is 15.5 Å². The molecule has 112 valence electrons. The molecule has 2 aromatic rings. The minimum Gasteiger partial charge on any atom is -0.375 e. The zero-order valence-electron chi connectivity index (χ0n) is 12.8. The third-order valence-electron chi connectivity index (χ3n) is 3.83. The number of hydrogen-bond acceptors (Lipinski definition) is 5. The summed E-state index contributed by atoms with van der Waals surface area (Å²) in [4.78, 5) is 10.3. The maximum atomic E-state index is 5.74. The lowest BCUT2D eigenvalue weighted by atomic mass is 10.0. The molecule has 4 nitrogen and oxygen atoms in total. The van der Waals surface area contributed by atoms with E-state index in [9.17, 15) is 0 Å². The van der Waals surface area contributed by atoms with Crippen molar-refractivity contribution < 1.29 is 0 Å². The highest BCUT2D eigenvalue weighted by Gasteiger charge is 2.29. The third-order valence-corrected chi connectivity index (χ3v) is 4.65. The second-order valence-electron chi connectivity index (χ2n) is 6.40. The van der Waals surface area contributed by atoms with E-state index in [1.165, 1.54) is 16.3 Å². The summed E-state index contributed by atoms with van der Waals surface area (Å²) in [5.74, 6) is 0. The largest absolute Gasteiger partial charge is 0.375 e. The molecule has 21 heavy (non-hydrogen) atoms. The van der Waals surface area contributed by atoms with Gasteiger partial charge in [0.25, 0.3) is 0 Å². The van der Waals surface area contributed by atoms with Crippen LogP contribution in [0.1, 0.15) is 25.6 Å². The number of thiazole rings is 1. The van der Waals surface area contributed by atoms with Gasteiger partial charge < -0.3 is 15.5 Å². The van der Waals surface area contributed by atoms with Gasteiger partial charge in [-0.05, 0) is 32.9 Å². The molecular formula is C16H22N4S. The summed E-state index contributed by atoms with van der Waals surface area (Å²) in [6, 6.07) is 8.65. The van der Waals surface area contributed by atoms with Crippen LogP contribution in [0.25, 0.3) is 0 Å². The first-order valence-electron chi connectivity index (χ1n) is 7.27. The van der Waals surface area contributed by atoms with Crippen molar-refractivity contribution in [2.24, 2.45) is 0 Å². The lowest BCUT2D eigenvalue weighted by molar-refractivity contribution is 0.492. The van der Waals surface area contributed by atoms with Gasteiger partial charge in [0, 0.05) is 29.7 Å². The van der Waals surface area contributed by atoms with Crippen molar-refractivity contribution in [2.75, 3.05) is 28.6 Å². The Labute approximate surface area is 130 Å². The summed E-state index contributed by atoms with van der Waals surface area (Å²) in [6.45, 7) is 9.74. The summed E-state index contributed by atoms with van der Waals surface area (Å²) in [5.41, 5.74) is 8.48. The number of nitrogens with two attached hydrogens (primary N) is 1. The Morgan fingerprint density at radius 2 is 1.90 bits per heavy atom. The van der Waals surface area contributed by atoms with Gasteiger partial charge in [0.05, 0.1) is 17.9 Å². The van der Waals surface area contributed by atoms with Crippen molar-refractivity contribution in [1.29, 1.82) is 0 Å². The van der Waals surface area contributed by atoms with E-state index in [1.807, 2.05) is 6.20 Å². The minimum atomic E-state index is 0.136. The smallest absolute Gasteiger partial charge is 0.180 e. The number of hydrogen-bond donors (Lipinski definition) is 1. The molecule has 0 amide bonds. The Kier molecular flexibility index (Phi) is 3.53. The highest BCUT2D eigenvalue weighted by atomic mass is 32.1. The normalized spacial score (nSPS) is 15.2. The highest BCUT2D eigenvalue weighted by molar-refractivity contribution is 7.15. The molecule has 0 bridgehead atoms. The van der Waals surface area contributed by atoms with Crippen LogP contribution in [0.4, 0.5) is 16.5 Å². The molecular weight excluding hydrogens is 280 g/mol. The Hall–Kier alpha value is -1.75. The van der Waals surface area contributed by atoms with Crippen molar-refractivity contribution in [3.05, 3.63) is 35.3 Å². The van der Waals surface area contributed by atoms with E-state index in [1.54, 1.807) is 11.3 Å². The maximum absolute atomic E-state index is 5.74. The van der Waals surface area contributed by atoms with Crippen molar-refractivity contribution in [1.82, 2.24) is 4.98 Å². The monoisotopic (exact) mass is 302 g/mol. The molecule has 2 heterocycles. The van der Waals surface area contributed by atoms with Gasteiger partial charge in [0.1, 0.15) is 0 Å². The molecule has 0 radical (unpaired) electrons. The van der Waals surface area contributed by atoms with E-state index in [4.69, 9.17) is 5.73 Å². The fourth-order valence-corrected chi connectivity index (χ4v) is 3.57. The number of benzene rings is 1. The topological polar surface area (TPSA) is 45.4 Å².